The lowest BCUT2D eigenvalue weighted by Gasteiger charge is -2.30. The van der Waals surface area contributed by atoms with Gasteiger partial charge >= 0.3 is 0 Å². The number of nitrogens with zero attached hydrogens (tertiary/aromatic N) is 4. The summed E-state index contributed by atoms with van der Waals surface area (Å²) in [4.78, 5) is 6.69. The molecule has 1 aliphatic rings. The summed E-state index contributed by atoms with van der Waals surface area (Å²) in [6.07, 6.45) is 6.32. The molecule has 122 valence electrons. The Morgan fingerprint density at radius 2 is 2.30 bits per heavy atom. The Hall–Kier alpha value is -2.14. The van der Waals surface area contributed by atoms with E-state index in [2.05, 4.69) is 46.2 Å². The van der Waals surface area contributed by atoms with Gasteiger partial charge in [0.2, 0.25) is 5.95 Å². The minimum Gasteiger partial charge on any atom is -0.368 e. The lowest BCUT2D eigenvalue weighted by atomic mass is 9.99. The highest BCUT2D eigenvalue weighted by Crippen LogP contribution is 2.18. The third kappa shape index (κ3) is 4.20. The number of hydrogen-bond donors (Lipinski definition) is 1. The van der Waals surface area contributed by atoms with Crippen LogP contribution in [0.1, 0.15) is 36.6 Å². The summed E-state index contributed by atoms with van der Waals surface area (Å²) in [7, 11) is 0. The minimum atomic E-state index is 0.414. The van der Waals surface area contributed by atoms with E-state index in [1.54, 1.807) is 4.68 Å². The van der Waals surface area contributed by atoms with Gasteiger partial charge in [0.25, 0.3) is 0 Å². The zero-order chi connectivity index (χ0) is 16.2. The second-order valence-corrected chi connectivity index (χ2v) is 6.56. The number of hydrogen-bond acceptors (Lipinski definition) is 4. The summed E-state index contributed by atoms with van der Waals surface area (Å²) < 4.78 is 1.61. The van der Waals surface area contributed by atoms with Gasteiger partial charge in [-0.2, -0.15) is 5.10 Å². The summed E-state index contributed by atoms with van der Waals surface area (Å²) in [5.74, 6) is 1.22. The number of piperidine rings is 1. The predicted molar refractivity (Wildman–Crippen MR) is 94.5 cm³/mol. The molecule has 2 N–H and O–H groups in total. The number of nitrogen functional groups attached to an aromatic ring is 1. The van der Waals surface area contributed by atoms with Crippen LogP contribution < -0.4 is 5.73 Å². The van der Waals surface area contributed by atoms with Crippen LogP contribution in [0.3, 0.4) is 0 Å². The molecule has 1 atom stereocenters. The van der Waals surface area contributed by atoms with Gasteiger partial charge in [-0.05, 0) is 49.4 Å². The molecule has 5 nitrogen and oxygen atoms in total. The van der Waals surface area contributed by atoms with Crippen LogP contribution >= 0.6 is 0 Å². The molecule has 0 radical (unpaired) electrons. The molecule has 1 saturated heterocycles. The number of imidazole rings is 1. The van der Waals surface area contributed by atoms with E-state index >= 15 is 0 Å². The molecule has 1 fully saturated rings. The van der Waals surface area contributed by atoms with Crippen molar-refractivity contribution in [3.05, 3.63) is 47.3 Å². The summed E-state index contributed by atoms with van der Waals surface area (Å²) >= 11 is 0. The largest absolute Gasteiger partial charge is 0.368 e. The van der Waals surface area contributed by atoms with Crippen molar-refractivity contribution < 1.29 is 0 Å². The Kier molecular flexibility index (Phi) is 4.76. The number of benzene rings is 1. The first-order valence-electron chi connectivity index (χ1n) is 8.27. The monoisotopic (exact) mass is 311 g/mol. The van der Waals surface area contributed by atoms with Crippen molar-refractivity contribution >= 4 is 12.2 Å². The second-order valence-electron chi connectivity index (χ2n) is 6.56. The van der Waals surface area contributed by atoms with Crippen LogP contribution in [-0.4, -0.2) is 33.9 Å². The van der Waals surface area contributed by atoms with Crippen LogP contribution in [-0.2, 0) is 6.54 Å². The van der Waals surface area contributed by atoms with Crippen molar-refractivity contribution in [2.45, 2.75) is 33.2 Å². The first-order valence-corrected chi connectivity index (χ1v) is 8.27. The van der Waals surface area contributed by atoms with Gasteiger partial charge in [0, 0.05) is 13.1 Å². The zero-order valence-corrected chi connectivity index (χ0v) is 13.9. The molecule has 1 aliphatic heterocycles. The van der Waals surface area contributed by atoms with Gasteiger partial charge < -0.3 is 5.73 Å². The molecule has 0 saturated carbocycles. The van der Waals surface area contributed by atoms with Gasteiger partial charge in [-0.3, -0.25) is 4.90 Å². The quantitative estimate of drug-likeness (QED) is 0.883. The van der Waals surface area contributed by atoms with Gasteiger partial charge in [0.05, 0.1) is 18.1 Å². The topological polar surface area (TPSA) is 59.4 Å². The zero-order valence-electron chi connectivity index (χ0n) is 13.9. The van der Waals surface area contributed by atoms with Crippen molar-refractivity contribution in [2.75, 3.05) is 18.8 Å². The van der Waals surface area contributed by atoms with E-state index in [9.17, 15) is 0 Å². The molecule has 0 aliphatic carbocycles. The van der Waals surface area contributed by atoms with E-state index in [1.807, 2.05) is 19.3 Å². The first-order chi connectivity index (χ1) is 11.1. The lowest BCUT2D eigenvalue weighted by molar-refractivity contribution is 0.176. The average Bonchev–Trinajstić information content (AvgIpc) is 2.83. The van der Waals surface area contributed by atoms with Crippen molar-refractivity contribution in [2.24, 2.45) is 11.0 Å². The number of nitrogens with two attached hydrogens (primary N) is 1. The molecule has 0 spiro atoms. The molecular weight excluding hydrogens is 286 g/mol. The average molecular weight is 311 g/mol. The minimum absolute atomic E-state index is 0.414. The van der Waals surface area contributed by atoms with Crippen molar-refractivity contribution in [1.82, 2.24) is 14.6 Å². The van der Waals surface area contributed by atoms with Gasteiger partial charge in [0.15, 0.2) is 0 Å². The molecule has 5 heteroatoms. The summed E-state index contributed by atoms with van der Waals surface area (Å²) in [6.45, 7) is 7.66. The van der Waals surface area contributed by atoms with Crippen molar-refractivity contribution in [3.63, 3.8) is 0 Å². The van der Waals surface area contributed by atoms with Gasteiger partial charge in [-0.15, -0.1) is 0 Å². The van der Waals surface area contributed by atoms with E-state index in [4.69, 9.17) is 5.73 Å². The van der Waals surface area contributed by atoms with Gasteiger partial charge in [0.1, 0.15) is 0 Å². The van der Waals surface area contributed by atoms with Crippen LogP contribution in [0, 0.1) is 12.8 Å². The van der Waals surface area contributed by atoms with E-state index in [0.717, 1.165) is 23.7 Å². The summed E-state index contributed by atoms with van der Waals surface area (Å²) in [5, 5.41) is 4.39. The SMILES string of the molecule is Cc1cn(N=Cc2cccc(CN3CCCC(C)C3)c2)c(N)n1. The maximum absolute atomic E-state index is 5.80. The highest BCUT2D eigenvalue weighted by Gasteiger charge is 2.16. The maximum Gasteiger partial charge on any atom is 0.221 e. The number of aromatic nitrogens is 2. The summed E-state index contributed by atoms with van der Waals surface area (Å²) in [5.41, 5.74) is 9.08. The number of aryl methyl sites for hydroxylation is 1. The number of likely N-dealkylation sites (tertiary alicyclic amines) is 1. The lowest BCUT2D eigenvalue weighted by Crippen LogP contribution is -2.33. The third-order valence-electron chi connectivity index (χ3n) is 4.26. The van der Waals surface area contributed by atoms with Crippen molar-refractivity contribution in [1.29, 1.82) is 0 Å². The molecule has 0 amide bonds. The molecule has 1 unspecified atom stereocenters. The van der Waals surface area contributed by atoms with Crippen LogP contribution in [0.2, 0.25) is 0 Å². The Balaban J connectivity index is 1.68. The molecule has 1 aromatic carbocycles. The third-order valence-corrected chi connectivity index (χ3v) is 4.26. The first kappa shape index (κ1) is 15.7. The highest BCUT2D eigenvalue weighted by molar-refractivity contribution is 5.79. The molecule has 2 aromatic rings. The Morgan fingerprint density at radius 1 is 1.43 bits per heavy atom. The molecular formula is C18H25N5. The van der Waals surface area contributed by atoms with Crippen LogP contribution in [0.4, 0.5) is 5.95 Å². The normalized spacial score (nSPS) is 19.5. The molecule has 2 heterocycles. The summed E-state index contributed by atoms with van der Waals surface area (Å²) in [6, 6.07) is 8.54. The van der Waals surface area contributed by atoms with E-state index in [0.29, 0.717) is 5.95 Å². The number of rotatable bonds is 4. The Labute approximate surface area is 137 Å². The molecule has 3 rings (SSSR count). The fraction of sp³-hybridized carbons (Fsp3) is 0.444. The van der Waals surface area contributed by atoms with Crippen LogP contribution in [0.5, 0.6) is 0 Å². The number of anilines is 1. The molecule has 0 bridgehead atoms. The Bertz CT molecular complexity index is 688. The van der Waals surface area contributed by atoms with E-state index < -0.39 is 0 Å². The molecule has 1 aromatic heterocycles. The Morgan fingerprint density at radius 3 is 3.04 bits per heavy atom. The van der Waals surface area contributed by atoms with Gasteiger partial charge in [-0.25, -0.2) is 9.66 Å². The fourth-order valence-corrected chi connectivity index (χ4v) is 3.19. The second kappa shape index (κ2) is 6.96. The highest BCUT2D eigenvalue weighted by atomic mass is 15.4. The van der Waals surface area contributed by atoms with E-state index in [-0.39, 0.29) is 0 Å². The standard InChI is InChI=1S/C18H25N5/c1-14-5-4-8-22(11-14)13-17-7-3-6-16(9-17)10-20-23-12-15(2)21-18(23)19/h3,6-7,9-10,12,14H,4-5,8,11,13H2,1-2H3,(H2,19,21). The maximum atomic E-state index is 5.80. The molecule has 23 heavy (non-hydrogen) atoms. The van der Waals surface area contributed by atoms with Crippen LogP contribution in [0.15, 0.2) is 35.6 Å². The van der Waals surface area contributed by atoms with E-state index in [1.165, 1.54) is 31.5 Å². The van der Waals surface area contributed by atoms with Crippen molar-refractivity contribution in [3.8, 4) is 0 Å². The van der Waals surface area contributed by atoms with Gasteiger partial charge in [-0.1, -0.05) is 25.1 Å². The van der Waals surface area contributed by atoms with Crippen LogP contribution in [0.25, 0.3) is 0 Å². The smallest absolute Gasteiger partial charge is 0.221 e. The predicted octanol–water partition coefficient (Wildman–Crippen LogP) is 2.89. The fourth-order valence-electron chi connectivity index (χ4n) is 3.19.